The lowest BCUT2D eigenvalue weighted by molar-refractivity contribution is -0.676. The Balaban J connectivity index is 1.62. The van der Waals surface area contributed by atoms with Crippen LogP contribution in [0.15, 0.2) is 48.5 Å². The van der Waals surface area contributed by atoms with E-state index in [1.807, 2.05) is 42.2 Å². The van der Waals surface area contributed by atoms with Crippen LogP contribution in [0.25, 0.3) is 11.0 Å². The number of hydrogen-bond donors (Lipinski definition) is 1. The molecule has 1 aliphatic heterocycles. The number of H-pyrrole nitrogens is 1. The molecule has 4 rings (SSSR count). The number of aryl methyl sites for hydroxylation is 1. The van der Waals surface area contributed by atoms with Crippen LogP contribution in [0, 0.1) is 0 Å². The number of carbonyl (C=O) groups is 1. The van der Waals surface area contributed by atoms with Crippen molar-refractivity contribution in [2.45, 2.75) is 32.7 Å². The SMILES string of the molecule is CCOc1ccc(N2CC(c3[nH]c4ccccc4[n+]3CC)CC2=O)cc1. The minimum atomic E-state index is 0.167. The lowest BCUT2D eigenvalue weighted by Gasteiger charge is -2.16. The van der Waals surface area contributed by atoms with E-state index in [4.69, 9.17) is 4.74 Å². The zero-order valence-corrected chi connectivity index (χ0v) is 15.2. The topological polar surface area (TPSA) is 49.2 Å². The van der Waals surface area contributed by atoms with Crippen LogP contribution in [0.3, 0.4) is 0 Å². The quantitative estimate of drug-likeness (QED) is 0.717. The van der Waals surface area contributed by atoms with Crippen molar-refractivity contribution in [1.82, 2.24) is 4.98 Å². The number of nitrogens with one attached hydrogen (secondary N) is 1. The van der Waals surface area contributed by atoms with E-state index in [-0.39, 0.29) is 11.8 Å². The molecule has 1 saturated heterocycles. The van der Waals surface area contributed by atoms with Gasteiger partial charge in [0.15, 0.2) is 11.0 Å². The van der Waals surface area contributed by atoms with Crippen LogP contribution in [-0.2, 0) is 11.3 Å². The van der Waals surface area contributed by atoms with E-state index >= 15 is 0 Å². The number of amides is 1. The van der Waals surface area contributed by atoms with Crippen molar-refractivity contribution in [3.63, 3.8) is 0 Å². The van der Waals surface area contributed by atoms with Crippen molar-refractivity contribution < 1.29 is 14.1 Å². The van der Waals surface area contributed by atoms with Crippen molar-refractivity contribution in [3.8, 4) is 5.75 Å². The highest BCUT2D eigenvalue weighted by atomic mass is 16.5. The van der Waals surface area contributed by atoms with Gasteiger partial charge in [0, 0.05) is 18.7 Å². The third-order valence-corrected chi connectivity index (χ3v) is 5.04. The van der Waals surface area contributed by atoms with Gasteiger partial charge in [-0.25, -0.2) is 9.55 Å². The molecule has 0 aliphatic carbocycles. The molecule has 2 heterocycles. The first kappa shape index (κ1) is 16.6. The van der Waals surface area contributed by atoms with Gasteiger partial charge >= 0.3 is 0 Å². The first-order valence-corrected chi connectivity index (χ1v) is 9.25. The number of anilines is 1. The number of carbonyl (C=O) groups excluding carboxylic acids is 1. The summed E-state index contributed by atoms with van der Waals surface area (Å²) in [5.41, 5.74) is 3.24. The van der Waals surface area contributed by atoms with Gasteiger partial charge in [-0.15, -0.1) is 0 Å². The van der Waals surface area contributed by atoms with Gasteiger partial charge in [0.1, 0.15) is 5.75 Å². The number of aromatic nitrogens is 2. The number of rotatable bonds is 5. The molecule has 1 aromatic heterocycles. The molecule has 1 N–H and O–H groups in total. The first-order chi connectivity index (χ1) is 12.7. The van der Waals surface area contributed by atoms with E-state index < -0.39 is 0 Å². The summed E-state index contributed by atoms with van der Waals surface area (Å²) in [5.74, 6) is 2.30. The Morgan fingerprint density at radius 3 is 2.65 bits per heavy atom. The highest BCUT2D eigenvalue weighted by Crippen LogP contribution is 2.31. The Kier molecular flexibility index (Phi) is 4.37. The Labute approximate surface area is 153 Å². The minimum Gasteiger partial charge on any atom is -0.494 e. The predicted molar refractivity (Wildman–Crippen MR) is 101 cm³/mol. The van der Waals surface area contributed by atoms with Gasteiger partial charge in [-0.05, 0) is 50.2 Å². The third kappa shape index (κ3) is 2.83. The molecule has 0 radical (unpaired) electrons. The fourth-order valence-corrected chi connectivity index (χ4v) is 3.84. The van der Waals surface area contributed by atoms with E-state index in [9.17, 15) is 4.79 Å². The van der Waals surface area contributed by atoms with Gasteiger partial charge < -0.3 is 9.64 Å². The second kappa shape index (κ2) is 6.83. The molecule has 3 aromatic rings. The molecule has 1 unspecified atom stereocenters. The summed E-state index contributed by atoms with van der Waals surface area (Å²) in [6.07, 6.45) is 0.528. The first-order valence-electron chi connectivity index (χ1n) is 9.25. The molecule has 26 heavy (non-hydrogen) atoms. The second-order valence-corrected chi connectivity index (χ2v) is 6.60. The molecule has 2 aromatic carbocycles. The van der Waals surface area contributed by atoms with Crippen molar-refractivity contribution in [2.24, 2.45) is 0 Å². The minimum absolute atomic E-state index is 0.167. The summed E-state index contributed by atoms with van der Waals surface area (Å²) in [4.78, 5) is 18.1. The van der Waals surface area contributed by atoms with Gasteiger partial charge in [-0.2, -0.15) is 0 Å². The molecule has 0 spiro atoms. The number of nitrogens with zero attached hydrogens (tertiary/aromatic N) is 2. The van der Waals surface area contributed by atoms with Crippen LogP contribution in [0.4, 0.5) is 5.69 Å². The average Bonchev–Trinajstić information content (AvgIpc) is 3.23. The highest BCUT2D eigenvalue weighted by molar-refractivity contribution is 5.96. The van der Waals surface area contributed by atoms with Crippen molar-refractivity contribution in [1.29, 1.82) is 0 Å². The monoisotopic (exact) mass is 350 g/mol. The number of aromatic amines is 1. The van der Waals surface area contributed by atoms with Crippen LogP contribution >= 0.6 is 0 Å². The maximum absolute atomic E-state index is 12.7. The van der Waals surface area contributed by atoms with Gasteiger partial charge in [-0.3, -0.25) is 4.79 Å². The highest BCUT2D eigenvalue weighted by Gasteiger charge is 2.37. The molecule has 1 amide bonds. The van der Waals surface area contributed by atoms with Gasteiger partial charge in [0.2, 0.25) is 5.91 Å². The summed E-state index contributed by atoms with van der Waals surface area (Å²) >= 11 is 0. The molecule has 1 atom stereocenters. The summed E-state index contributed by atoms with van der Waals surface area (Å²) < 4.78 is 7.78. The van der Waals surface area contributed by atoms with Gasteiger partial charge in [0.25, 0.3) is 5.82 Å². The molecular formula is C21H24N3O2+. The number of para-hydroxylation sites is 2. The lowest BCUT2D eigenvalue weighted by Crippen LogP contribution is -2.37. The maximum atomic E-state index is 12.7. The molecular weight excluding hydrogens is 326 g/mol. The Hall–Kier alpha value is -2.82. The zero-order chi connectivity index (χ0) is 18.1. The Morgan fingerprint density at radius 2 is 1.92 bits per heavy atom. The molecule has 134 valence electrons. The number of benzene rings is 2. The molecule has 1 fully saturated rings. The van der Waals surface area contributed by atoms with Crippen LogP contribution in [0.1, 0.15) is 32.0 Å². The Bertz CT molecular complexity index is 930. The van der Waals surface area contributed by atoms with Crippen LogP contribution < -0.4 is 14.2 Å². The maximum Gasteiger partial charge on any atom is 0.260 e. The fraction of sp³-hybridized carbons (Fsp3) is 0.333. The van der Waals surface area contributed by atoms with Gasteiger partial charge in [-0.1, -0.05) is 12.1 Å². The normalized spacial score (nSPS) is 17.2. The van der Waals surface area contributed by atoms with Crippen LogP contribution in [0.2, 0.25) is 0 Å². The Morgan fingerprint density at radius 1 is 1.15 bits per heavy atom. The summed E-state index contributed by atoms with van der Waals surface area (Å²) in [6.45, 7) is 6.32. The van der Waals surface area contributed by atoms with E-state index in [0.29, 0.717) is 19.6 Å². The summed E-state index contributed by atoms with van der Waals surface area (Å²) in [5, 5.41) is 0. The molecule has 5 heteroatoms. The van der Waals surface area contributed by atoms with Crippen LogP contribution in [0.5, 0.6) is 5.75 Å². The summed E-state index contributed by atoms with van der Waals surface area (Å²) in [7, 11) is 0. The summed E-state index contributed by atoms with van der Waals surface area (Å²) in [6, 6.07) is 16.1. The zero-order valence-electron chi connectivity index (χ0n) is 15.2. The van der Waals surface area contributed by atoms with E-state index in [2.05, 4.69) is 34.7 Å². The molecule has 0 saturated carbocycles. The smallest absolute Gasteiger partial charge is 0.260 e. The predicted octanol–water partition coefficient (Wildman–Crippen LogP) is 3.39. The van der Waals surface area contributed by atoms with Crippen molar-refractivity contribution in [2.75, 3.05) is 18.1 Å². The largest absolute Gasteiger partial charge is 0.494 e. The fourth-order valence-electron chi connectivity index (χ4n) is 3.84. The molecule has 0 bridgehead atoms. The number of ether oxygens (including phenoxy) is 1. The molecule has 1 aliphatic rings. The van der Waals surface area contributed by atoms with Crippen molar-refractivity contribution in [3.05, 3.63) is 54.4 Å². The number of hydrogen-bond acceptors (Lipinski definition) is 2. The average molecular weight is 350 g/mol. The standard InChI is InChI=1S/C21H23N3O2/c1-3-23-19-8-6-5-7-18(19)22-21(23)15-13-20(25)24(14-15)16-9-11-17(12-10-16)26-4-2/h5-12,15H,3-4,13-14H2,1-2H3/p+1. The van der Waals surface area contributed by atoms with Gasteiger partial charge in [0.05, 0.1) is 19.1 Å². The number of imidazole rings is 1. The van der Waals surface area contributed by atoms with Crippen LogP contribution in [-0.4, -0.2) is 24.0 Å². The van der Waals surface area contributed by atoms with E-state index in [1.54, 1.807) is 0 Å². The number of fused-ring (bicyclic) bond motifs is 1. The lowest BCUT2D eigenvalue weighted by atomic mass is 10.1. The third-order valence-electron chi connectivity index (χ3n) is 5.04. The molecule has 5 nitrogen and oxygen atoms in total. The van der Waals surface area contributed by atoms with Crippen molar-refractivity contribution >= 4 is 22.6 Å². The second-order valence-electron chi connectivity index (χ2n) is 6.60. The van der Waals surface area contributed by atoms with E-state index in [0.717, 1.165) is 29.3 Å². The van der Waals surface area contributed by atoms with E-state index in [1.165, 1.54) is 5.52 Å².